The van der Waals surface area contributed by atoms with E-state index in [1.807, 2.05) is 13.8 Å². The van der Waals surface area contributed by atoms with Gasteiger partial charge in [0.25, 0.3) is 0 Å². The molecule has 3 aromatic carbocycles. The second kappa shape index (κ2) is 13.1. The molecule has 0 saturated carbocycles. The zero-order valence-corrected chi connectivity index (χ0v) is 24.3. The van der Waals surface area contributed by atoms with E-state index in [1.165, 1.54) is 35.4 Å². The molecule has 0 saturated heterocycles. The van der Waals surface area contributed by atoms with Crippen LogP contribution in [0.1, 0.15) is 37.0 Å². The summed E-state index contributed by atoms with van der Waals surface area (Å²) in [4.78, 5) is 27.6. The third kappa shape index (κ3) is 7.88. The molecule has 1 aromatic heterocycles. The molecule has 43 heavy (non-hydrogen) atoms. The Morgan fingerprint density at radius 1 is 0.953 bits per heavy atom. The van der Waals surface area contributed by atoms with Crippen molar-refractivity contribution >= 4 is 26.9 Å². The molecule has 0 radical (unpaired) electrons. The fourth-order valence-corrected chi connectivity index (χ4v) is 5.85. The van der Waals surface area contributed by atoms with E-state index in [1.54, 1.807) is 24.3 Å². The summed E-state index contributed by atoms with van der Waals surface area (Å²) in [5.41, 5.74) is -0.533. The van der Waals surface area contributed by atoms with Gasteiger partial charge >= 0.3 is 6.18 Å². The standard InChI is InChI=1S/C31H30F4N2O5S/c1-21(2)14-15-37(43(40,41)26-7-5-6-24(16-26)31(33,34)35)19-29(38)36(17-22-10-12-25(32)13-11-22)18-23-20-42-28-9-4-3-8-27(28)30(23)39/h3-13,16,20-21H,14-15,17-19H2,1-2H3. The summed E-state index contributed by atoms with van der Waals surface area (Å²) in [7, 11) is -4.54. The summed E-state index contributed by atoms with van der Waals surface area (Å²) in [6, 6.07) is 15.2. The zero-order valence-electron chi connectivity index (χ0n) is 23.5. The van der Waals surface area contributed by atoms with Gasteiger partial charge in [0.2, 0.25) is 15.9 Å². The minimum Gasteiger partial charge on any atom is -0.464 e. The minimum atomic E-state index is -4.77. The predicted octanol–water partition coefficient (Wildman–Crippen LogP) is 6.22. The molecule has 0 fully saturated rings. The van der Waals surface area contributed by atoms with E-state index < -0.39 is 44.9 Å². The van der Waals surface area contributed by atoms with Crippen molar-refractivity contribution in [2.75, 3.05) is 13.1 Å². The van der Waals surface area contributed by atoms with Crippen LogP contribution in [0.25, 0.3) is 11.0 Å². The normalized spacial score (nSPS) is 12.3. The molecule has 4 aromatic rings. The van der Waals surface area contributed by atoms with Gasteiger partial charge in [-0.2, -0.15) is 17.5 Å². The van der Waals surface area contributed by atoms with Crippen LogP contribution in [0.3, 0.4) is 0 Å². The summed E-state index contributed by atoms with van der Waals surface area (Å²) in [6.07, 6.45) is -3.21. The van der Waals surface area contributed by atoms with Gasteiger partial charge in [0, 0.05) is 13.1 Å². The average Bonchev–Trinajstić information content (AvgIpc) is 2.96. The van der Waals surface area contributed by atoms with Crippen LogP contribution in [0.5, 0.6) is 0 Å². The maximum absolute atomic E-state index is 13.8. The largest absolute Gasteiger partial charge is 0.464 e. The van der Waals surface area contributed by atoms with Crippen molar-refractivity contribution in [1.29, 1.82) is 0 Å². The van der Waals surface area contributed by atoms with Gasteiger partial charge in [-0.25, -0.2) is 12.8 Å². The first-order chi connectivity index (χ1) is 20.3. The molecule has 1 heterocycles. The monoisotopic (exact) mass is 618 g/mol. The van der Waals surface area contributed by atoms with Gasteiger partial charge in [-0.3, -0.25) is 9.59 Å². The molecular formula is C31H30F4N2O5S. The molecule has 4 rings (SSSR count). The maximum Gasteiger partial charge on any atom is 0.416 e. The molecule has 1 amide bonds. The second-order valence-corrected chi connectivity index (χ2v) is 12.4. The van der Waals surface area contributed by atoms with Gasteiger partial charge in [-0.05, 0) is 60.4 Å². The molecule has 7 nitrogen and oxygen atoms in total. The first-order valence-electron chi connectivity index (χ1n) is 13.4. The molecule has 0 unspecified atom stereocenters. The van der Waals surface area contributed by atoms with Gasteiger partial charge in [0.15, 0.2) is 5.43 Å². The number of hydrogen-bond donors (Lipinski definition) is 0. The summed E-state index contributed by atoms with van der Waals surface area (Å²) in [5, 5.41) is 0.292. The first-order valence-corrected chi connectivity index (χ1v) is 14.9. The number of halogens is 4. The van der Waals surface area contributed by atoms with Crippen molar-refractivity contribution in [3.8, 4) is 0 Å². The van der Waals surface area contributed by atoms with Crippen molar-refractivity contribution in [3.05, 3.63) is 112 Å². The fourth-order valence-electron chi connectivity index (χ4n) is 4.39. The van der Waals surface area contributed by atoms with E-state index in [4.69, 9.17) is 4.42 Å². The Morgan fingerprint density at radius 3 is 2.33 bits per heavy atom. The third-order valence-corrected chi connectivity index (χ3v) is 8.66. The third-order valence-electron chi connectivity index (χ3n) is 6.82. The van der Waals surface area contributed by atoms with Crippen LogP contribution in [0.4, 0.5) is 17.6 Å². The number of para-hydroxylation sites is 1. The number of benzene rings is 3. The quantitative estimate of drug-likeness (QED) is 0.186. The summed E-state index contributed by atoms with van der Waals surface area (Å²) in [5.74, 6) is -1.19. The Balaban J connectivity index is 1.70. The molecular weight excluding hydrogens is 588 g/mol. The lowest BCUT2D eigenvalue weighted by Gasteiger charge is -2.28. The van der Waals surface area contributed by atoms with E-state index in [-0.39, 0.29) is 36.5 Å². The molecule has 0 bridgehead atoms. The highest BCUT2D eigenvalue weighted by molar-refractivity contribution is 7.89. The van der Waals surface area contributed by atoms with Gasteiger partial charge < -0.3 is 9.32 Å². The molecule has 0 aliphatic heterocycles. The van der Waals surface area contributed by atoms with Crippen LogP contribution in [0, 0.1) is 11.7 Å². The minimum absolute atomic E-state index is 0.0202. The van der Waals surface area contributed by atoms with E-state index in [0.717, 1.165) is 22.5 Å². The Hall–Kier alpha value is -4.03. The van der Waals surface area contributed by atoms with Crippen LogP contribution in [0.15, 0.2) is 93.2 Å². The Bertz CT molecular complexity index is 1750. The van der Waals surface area contributed by atoms with Gasteiger partial charge in [-0.15, -0.1) is 0 Å². The lowest BCUT2D eigenvalue weighted by Crippen LogP contribution is -2.43. The van der Waals surface area contributed by atoms with Crippen LogP contribution in [0.2, 0.25) is 0 Å². The number of carbonyl (C=O) groups excluding carboxylic acids is 1. The summed E-state index contributed by atoms with van der Waals surface area (Å²) < 4.78 is 87.3. The predicted molar refractivity (Wildman–Crippen MR) is 153 cm³/mol. The molecule has 0 aliphatic carbocycles. The number of alkyl halides is 3. The lowest BCUT2D eigenvalue weighted by molar-refractivity contribution is -0.137. The first kappa shape index (κ1) is 31.9. The number of carbonyl (C=O) groups is 1. The number of fused-ring (bicyclic) bond motifs is 1. The number of nitrogens with zero attached hydrogens (tertiary/aromatic N) is 2. The fraction of sp³-hybridized carbons (Fsp3) is 0.290. The van der Waals surface area contributed by atoms with E-state index in [2.05, 4.69) is 0 Å². The highest BCUT2D eigenvalue weighted by Gasteiger charge is 2.34. The van der Waals surface area contributed by atoms with Crippen LogP contribution in [-0.2, 0) is 34.1 Å². The molecule has 0 aliphatic rings. The number of sulfonamides is 1. The van der Waals surface area contributed by atoms with E-state index >= 15 is 0 Å². The zero-order chi connectivity index (χ0) is 31.4. The highest BCUT2D eigenvalue weighted by Crippen LogP contribution is 2.31. The number of amides is 1. The van der Waals surface area contributed by atoms with Crippen LogP contribution in [-0.4, -0.2) is 36.6 Å². The smallest absolute Gasteiger partial charge is 0.416 e. The molecule has 12 heteroatoms. The van der Waals surface area contributed by atoms with Crippen molar-refractivity contribution in [2.45, 2.75) is 44.4 Å². The van der Waals surface area contributed by atoms with Gasteiger partial charge in [-0.1, -0.05) is 44.2 Å². The highest BCUT2D eigenvalue weighted by atomic mass is 32.2. The van der Waals surface area contributed by atoms with Gasteiger partial charge in [0.05, 0.1) is 40.8 Å². The van der Waals surface area contributed by atoms with Crippen LogP contribution < -0.4 is 5.43 Å². The summed E-state index contributed by atoms with van der Waals surface area (Å²) in [6.45, 7) is 2.49. The topological polar surface area (TPSA) is 87.9 Å². The second-order valence-electron chi connectivity index (χ2n) is 10.5. The van der Waals surface area contributed by atoms with Crippen molar-refractivity contribution in [3.63, 3.8) is 0 Å². The average molecular weight is 619 g/mol. The van der Waals surface area contributed by atoms with E-state index in [9.17, 15) is 35.6 Å². The van der Waals surface area contributed by atoms with Crippen molar-refractivity contribution in [2.24, 2.45) is 5.92 Å². The Morgan fingerprint density at radius 2 is 1.65 bits per heavy atom. The summed E-state index contributed by atoms with van der Waals surface area (Å²) >= 11 is 0. The molecule has 0 atom stereocenters. The Kier molecular flexibility index (Phi) is 9.71. The van der Waals surface area contributed by atoms with Crippen molar-refractivity contribution < 1.29 is 35.2 Å². The number of rotatable bonds is 11. The number of hydrogen-bond acceptors (Lipinski definition) is 5. The van der Waals surface area contributed by atoms with Crippen molar-refractivity contribution in [1.82, 2.24) is 9.21 Å². The molecule has 0 spiro atoms. The Labute approximate surface area is 246 Å². The molecule has 228 valence electrons. The molecule has 0 N–H and O–H groups in total. The maximum atomic E-state index is 13.8. The van der Waals surface area contributed by atoms with E-state index in [0.29, 0.717) is 29.0 Å². The van der Waals surface area contributed by atoms with Gasteiger partial charge in [0.1, 0.15) is 11.4 Å². The SMILES string of the molecule is CC(C)CCN(CC(=O)N(Cc1ccc(F)cc1)Cc1coc2ccccc2c1=O)S(=O)(=O)c1cccc(C(F)(F)F)c1. The van der Waals surface area contributed by atoms with Crippen LogP contribution >= 0.6 is 0 Å². The lowest BCUT2D eigenvalue weighted by atomic mass is 10.1.